The van der Waals surface area contributed by atoms with Gasteiger partial charge < -0.3 is 4.42 Å². The Bertz CT molecular complexity index is 3510. The van der Waals surface area contributed by atoms with Crippen LogP contribution in [0, 0.1) is 0 Å². The van der Waals surface area contributed by atoms with E-state index in [9.17, 15) is 0 Å². The number of fused-ring (bicyclic) bond motifs is 11. The number of benzene rings is 7. The first-order valence-corrected chi connectivity index (χ1v) is 19.1. The molecular formula is C50H29N7O. The second-order valence-electron chi connectivity index (χ2n) is 14.3. The summed E-state index contributed by atoms with van der Waals surface area (Å²) in [7, 11) is 0. The number of nitrogens with zero attached hydrogens (tertiary/aromatic N) is 7. The van der Waals surface area contributed by atoms with Crippen molar-refractivity contribution < 1.29 is 4.42 Å². The molecule has 5 aromatic heterocycles. The van der Waals surface area contributed by atoms with E-state index in [0.717, 1.165) is 88.4 Å². The molecule has 0 atom stereocenters. The van der Waals surface area contributed by atoms with E-state index in [-0.39, 0.29) is 0 Å². The van der Waals surface area contributed by atoms with Crippen molar-refractivity contribution in [2.45, 2.75) is 0 Å². The van der Waals surface area contributed by atoms with Crippen molar-refractivity contribution in [1.29, 1.82) is 0 Å². The molecule has 0 aliphatic heterocycles. The number of pyridine rings is 1. The van der Waals surface area contributed by atoms with E-state index in [1.807, 2.05) is 109 Å². The zero-order valence-electron chi connectivity index (χ0n) is 30.8. The Morgan fingerprint density at radius 3 is 1.64 bits per heavy atom. The minimum absolute atomic E-state index is 0.557. The van der Waals surface area contributed by atoms with E-state index in [4.69, 9.17) is 34.3 Å². The predicted molar refractivity (Wildman–Crippen MR) is 231 cm³/mol. The van der Waals surface area contributed by atoms with E-state index in [1.54, 1.807) is 0 Å². The van der Waals surface area contributed by atoms with Crippen molar-refractivity contribution in [2.24, 2.45) is 0 Å². The third-order valence-electron chi connectivity index (χ3n) is 10.9. The SMILES string of the molecule is c1ccc(-c2nc(-c3ccccc3)nc(-c3cccc4oc5ccc(-c6nc(-c7ccccc7)nc7c6nc6c8ccccc8c8ccccc8n76)cc5c34)n2)cc1. The summed E-state index contributed by atoms with van der Waals surface area (Å²) in [5.74, 6) is 2.37. The van der Waals surface area contributed by atoms with Gasteiger partial charge in [0.1, 0.15) is 28.0 Å². The van der Waals surface area contributed by atoms with Gasteiger partial charge in [0.2, 0.25) is 0 Å². The molecule has 0 N–H and O–H groups in total. The molecule has 0 aliphatic carbocycles. The summed E-state index contributed by atoms with van der Waals surface area (Å²) >= 11 is 0. The van der Waals surface area contributed by atoms with Crippen LogP contribution in [0.4, 0.5) is 0 Å². The van der Waals surface area contributed by atoms with Crippen LogP contribution in [-0.4, -0.2) is 34.3 Å². The molecule has 0 aliphatic rings. The van der Waals surface area contributed by atoms with E-state index in [0.29, 0.717) is 28.8 Å². The molecule has 0 saturated heterocycles. The largest absolute Gasteiger partial charge is 0.456 e. The van der Waals surface area contributed by atoms with Crippen LogP contribution in [0.1, 0.15) is 0 Å². The molecule has 5 heterocycles. The monoisotopic (exact) mass is 743 g/mol. The van der Waals surface area contributed by atoms with Crippen LogP contribution in [0.25, 0.3) is 117 Å². The van der Waals surface area contributed by atoms with Crippen molar-refractivity contribution in [3.63, 3.8) is 0 Å². The molecule has 0 saturated carbocycles. The van der Waals surface area contributed by atoms with Crippen LogP contribution in [-0.2, 0) is 0 Å². The van der Waals surface area contributed by atoms with Crippen LogP contribution >= 0.6 is 0 Å². The van der Waals surface area contributed by atoms with Gasteiger partial charge in [-0.15, -0.1) is 0 Å². The van der Waals surface area contributed by atoms with Crippen LogP contribution in [0.2, 0.25) is 0 Å². The third kappa shape index (κ3) is 5.02. The molecule has 0 radical (unpaired) electrons. The van der Waals surface area contributed by atoms with Gasteiger partial charge in [-0.2, -0.15) is 0 Å². The van der Waals surface area contributed by atoms with Gasteiger partial charge in [-0.3, -0.25) is 4.40 Å². The molecule has 0 bridgehead atoms. The normalized spacial score (nSPS) is 11.8. The highest BCUT2D eigenvalue weighted by Gasteiger charge is 2.23. The highest BCUT2D eigenvalue weighted by atomic mass is 16.3. The summed E-state index contributed by atoms with van der Waals surface area (Å²) in [6.45, 7) is 0. The number of hydrogen-bond acceptors (Lipinski definition) is 7. The molecule has 12 aromatic rings. The lowest BCUT2D eigenvalue weighted by Crippen LogP contribution is -2.00. The summed E-state index contributed by atoms with van der Waals surface area (Å²) in [5, 5.41) is 5.15. The number of furan rings is 1. The number of imidazole rings is 1. The van der Waals surface area contributed by atoms with E-state index < -0.39 is 0 Å². The Labute approximate surface area is 330 Å². The first-order chi connectivity index (χ1) is 28.7. The van der Waals surface area contributed by atoms with Gasteiger partial charge in [0.15, 0.2) is 28.9 Å². The molecular weight excluding hydrogens is 715 g/mol. The average Bonchev–Trinajstić information content (AvgIpc) is 3.89. The molecule has 0 unspecified atom stereocenters. The average molecular weight is 744 g/mol. The first-order valence-electron chi connectivity index (χ1n) is 19.1. The molecule has 0 amide bonds. The van der Waals surface area contributed by atoms with E-state index in [2.05, 4.69) is 71.1 Å². The Morgan fingerprint density at radius 2 is 0.948 bits per heavy atom. The minimum Gasteiger partial charge on any atom is -0.456 e. The first kappa shape index (κ1) is 32.2. The maximum Gasteiger partial charge on any atom is 0.169 e. The van der Waals surface area contributed by atoms with Gasteiger partial charge in [-0.05, 0) is 35.7 Å². The zero-order chi connectivity index (χ0) is 38.2. The summed E-state index contributed by atoms with van der Waals surface area (Å²) in [4.78, 5) is 31.0. The second-order valence-corrected chi connectivity index (χ2v) is 14.3. The highest BCUT2D eigenvalue weighted by molar-refractivity contribution is 6.15. The Kier molecular flexibility index (Phi) is 7.06. The van der Waals surface area contributed by atoms with Crippen molar-refractivity contribution in [1.82, 2.24) is 34.3 Å². The van der Waals surface area contributed by atoms with E-state index in [1.165, 1.54) is 0 Å². The van der Waals surface area contributed by atoms with Crippen LogP contribution in [0.5, 0.6) is 0 Å². The number of hydrogen-bond donors (Lipinski definition) is 0. The maximum absolute atomic E-state index is 6.54. The van der Waals surface area contributed by atoms with Crippen molar-refractivity contribution in [3.8, 4) is 56.8 Å². The summed E-state index contributed by atoms with van der Waals surface area (Å²) in [6, 6.07) is 59.3. The van der Waals surface area contributed by atoms with Gasteiger partial charge in [0, 0.05) is 49.4 Å². The lowest BCUT2D eigenvalue weighted by atomic mass is 10.0. The number of rotatable bonds is 5. The Morgan fingerprint density at radius 1 is 0.362 bits per heavy atom. The van der Waals surface area contributed by atoms with Gasteiger partial charge >= 0.3 is 0 Å². The molecule has 7 aromatic carbocycles. The molecule has 270 valence electrons. The van der Waals surface area contributed by atoms with Crippen LogP contribution in [0.3, 0.4) is 0 Å². The quantitative estimate of drug-likeness (QED) is 0.162. The lowest BCUT2D eigenvalue weighted by Gasteiger charge is -2.10. The summed E-state index contributed by atoms with van der Waals surface area (Å²) in [6.07, 6.45) is 0. The zero-order valence-corrected chi connectivity index (χ0v) is 30.8. The fourth-order valence-electron chi connectivity index (χ4n) is 8.18. The Hall–Kier alpha value is -8.10. The standard InChI is InChI=1S/C50H29N7O/c1-4-15-30(16-5-1)45-51-43(44-50(56-45)57-39-25-13-12-22-35(39)34-21-10-11-23-36(34)49(57)52-44)33-27-28-40-38(29-33)42-37(24-14-26-41(42)58-40)48-54-46(31-17-6-2-7-18-31)53-47(55-48)32-19-8-3-9-20-32/h1-29H. The highest BCUT2D eigenvalue weighted by Crippen LogP contribution is 2.40. The molecule has 12 rings (SSSR count). The summed E-state index contributed by atoms with van der Waals surface area (Å²) < 4.78 is 8.72. The van der Waals surface area contributed by atoms with E-state index >= 15 is 0 Å². The lowest BCUT2D eigenvalue weighted by molar-refractivity contribution is 0.669. The predicted octanol–water partition coefficient (Wildman–Crippen LogP) is 12.0. The fraction of sp³-hybridized carbons (Fsp3) is 0. The Balaban J connectivity index is 1.13. The molecule has 0 fully saturated rings. The van der Waals surface area contributed by atoms with Crippen LogP contribution < -0.4 is 0 Å². The minimum atomic E-state index is 0.557. The summed E-state index contributed by atoms with van der Waals surface area (Å²) in [5.41, 5.74) is 9.99. The van der Waals surface area contributed by atoms with Gasteiger partial charge in [-0.25, -0.2) is 29.9 Å². The second kappa shape index (κ2) is 12.7. The van der Waals surface area contributed by atoms with Gasteiger partial charge in [0.25, 0.3) is 0 Å². The number of para-hydroxylation sites is 1. The topological polar surface area (TPSA) is 94.9 Å². The van der Waals surface area contributed by atoms with Gasteiger partial charge in [-0.1, -0.05) is 146 Å². The van der Waals surface area contributed by atoms with Gasteiger partial charge in [0.05, 0.1) is 5.52 Å². The fourth-order valence-corrected chi connectivity index (χ4v) is 8.18. The molecule has 8 heteroatoms. The molecule has 58 heavy (non-hydrogen) atoms. The third-order valence-corrected chi connectivity index (χ3v) is 10.9. The molecule has 8 nitrogen and oxygen atoms in total. The smallest absolute Gasteiger partial charge is 0.169 e. The van der Waals surface area contributed by atoms with Crippen LogP contribution in [0.15, 0.2) is 180 Å². The molecule has 0 spiro atoms. The van der Waals surface area contributed by atoms with Crippen molar-refractivity contribution in [3.05, 3.63) is 176 Å². The maximum atomic E-state index is 6.54. The number of aromatic nitrogens is 7. The van der Waals surface area contributed by atoms with Crippen molar-refractivity contribution >= 4 is 60.4 Å². The van der Waals surface area contributed by atoms with Crippen molar-refractivity contribution in [2.75, 3.05) is 0 Å².